The number of aromatic nitrogens is 1. The summed E-state index contributed by atoms with van der Waals surface area (Å²) in [5.41, 5.74) is 4.30. The number of thiazole rings is 1. The van der Waals surface area contributed by atoms with E-state index in [0.29, 0.717) is 39.6 Å². The van der Waals surface area contributed by atoms with Crippen molar-refractivity contribution in [2.24, 2.45) is 5.10 Å². The number of nitrogens with zero attached hydrogens (tertiary/aromatic N) is 2. The molecule has 0 unspecified atom stereocenters. The monoisotopic (exact) mass is 363 g/mol. The third-order valence-electron chi connectivity index (χ3n) is 3.26. The van der Waals surface area contributed by atoms with Gasteiger partial charge in [-0.15, -0.1) is 0 Å². The van der Waals surface area contributed by atoms with Gasteiger partial charge in [-0.25, -0.2) is 4.98 Å². The molecule has 2 aromatic rings. The Morgan fingerprint density at radius 3 is 2.44 bits per heavy atom. The van der Waals surface area contributed by atoms with Crippen LogP contribution in [-0.2, 0) is 0 Å². The third-order valence-corrected chi connectivity index (χ3v) is 4.42. The molecule has 134 valence electrons. The number of ketones is 1. The molecular formula is C17H21N3O4S. The van der Waals surface area contributed by atoms with Crippen molar-refractivity contribution >= 4 is 28.5 Å². The van der Waals surface area contributed by atoms with Crippen LogP contribution in [0.25, 0.3) is 0 Å². The molecule has 1 N–H and O–H groups in total. The summed E-state index contributed by atoms with van der Waals surface area (Å²) >= 11 is 1.27. The minimum Gasteiger partial charge on any atom is -0.493 e. The normalized spacial score (nSPS) is 10.8. The number of nitrogens with one attached hydrogen (secondary N) is 1. The van der Waals surface area contributed by atoms with E-state index >= 15 is 0 Å². The summed E-state index contributed by atoms with van der Waals surface area (Å²) in [6, 6.07) is 3.60. The Bertz CT molecular complexity index is 761. The van der Waals surface area contributed by atoms with Crippen molar-refractivity contribution in [3.63, 3.8) is 0 Å². The minimum atomic E-state index is -0.00647. The largest absolute Gasteiger partial charge is 0.493 e. The van der Waals surface area contributed by atoms with Gasteiger partial charge in [0.1, 0.15) is 0 Å². The number of hydrogen-bond donors (Lipinski definition) is 1. The molecule has 0 fully saturated rings. The molecule has 0 amide bonds. The first-order valence-electron chi connectivity index (χ1n) is 7.66. The number of rotatable bonds is 8. The lowest BCUT2D eigenvalue weighted by Gasteiger charge is -2.14. The number of hydrogen-bond acceptors (Lipinski definition) is 8. The average molecular weight is 363 g/mol. The van der Waals surface area contributed by atoms with Crippen LogP contribution in [0.3, 0.4) is 0 Å². The average Bonchev–Trinajstić information content (AvgIpc) is 2.96. The first-order chi connectivity index (χ1) is 12.0. The summed E-state index contributed by atoms with van der Waals surface area (Å²) in [7, 11) is 3.14. The standard InChI is InChI=1S/C17H21N3O4S/c1-6-24-15-13(22-4)7-12(8-14(15)23-5)9-18-20-17-19-10(2)16(25-17)11(3)21/h7-9H,6H2,1-5H3,(H,19,20)/b18-9-. The van der Waals surface area contributed by atoms with E-state index < -0.39 is 0 Å². The fraction of sp³-hybridized carbons (Fsp3) is 0.353. The van der Waals surface area contributed by atoms with Crippen molar-refractivity contribution in [2.45, 2.75) is 20.8 Å². The van der Waals surface area contributed by atoms with Crippen molar-refractivity contribution in [3.8, 4) is 17.2 Å². The zero-order chi connectivity index (χ0) is 18.4. The number of ether oxygens (including phenoxy) is 3. The molecule has 1 aromatic carbocycles. The molecule has 0 atom stereocenters. The second-order valence-corrected chi connectivity index (χ2v) is 6.05. The summed E-state index contributed by atoms with van der Waals surface area (Å²) in [5, 5.41) is 4.72. The second-order valence-electron chi connectivity index (χ2n) is 5.05. The van der Waals surface area contributed by atoms with Crippen LogP contribution in [0.2, 0.25) is 0 Å². The number of hydrazone groups is 1. The number of carbonyl (C=O) groups is 1. The van der Waals surface area contributed by atoms with Gasteiger partial charge < -0.3 is 14.2 Å². The first kappa shape index (κ1) is 18.7. The Morgan fingerprint density at radius 2 is 1.96 bits per heavy atom. The van der Waals surface area contributed by atoms with Crippen LogP contribution in [0.15, 0.2) is 17.2 Å². The summed E-state index contributed by atoms with van der Waals surface area (Å²) in [5.74, 6) is 1.67. The SMILES string of the molecule is CCOc1c(OC)cc(/C=N\Nc2nc(C)c(C(C)=O)s2)cc1OC. The highest BCUT2D eigenvalue weighted by Crippen LogP contribution is 2.38. The molecule has 7 nitrogen and oxygen atoms in total. The topological polar surface area (TPSA) is 82.0 Å². The van der Waals surface area contributed by atoms with Crippen molar-refractivity contribution in [1.29, 1.82) is 0 Å². The number of anilines is 1. The van der Waals surface area contributed by atoms with E-state index in [4.69, 9.17) is 14.2 Å². The molecule has 0 aliphatic carbocycles. The Labute approximate surface area is 150 Å². The number of methoxy groups -OCH3 is 2. The Morgan fingerprint density at radius 1 is 1.32 bits per heavy atom. The van der Waals surface area contributed by atoms with E-state index in [1.165, 1.54) is 18.3 Å². The second kappa shape index (κ2) is 8.48. The highest BCUT2D eigenvalue weighted by Gasteiger charge is 2.13. The predicted molar refractivity (Wildman–Crippen MR) is 98.8 cm³/mol. The van der Waals surface area contributed by atoms with Crippen LogP contribution < -0.4 is 19.6 Å². The van der Waals surface area contributed by atoms with Gasteiger partial charge in [-0.3, -0.25) is 10.2 Å². The zero-order valence-corrected chi connectivity index (χ0v) is 15.7. The Kier molecular flexibility index (Phi) is 6.35. The molecule has 25 heavy (non-hydrogen) atoms. The number of benzene rings is 1. The fourth-order valence-electron chi connectivity index (χ4n) is 2.19. The van der Waals surface area contributed by atoms with Crippen LogP contribution in [0.1, 0.15) is 34.8 Å². The van der Waals surface area contributed by atoms with Gasteiger partial charge in [0, 0.05) is 12.5 Å². The van der Waals surface area contributed by atoms with Crippen LogP contribution >= 0.6 is 11.3 Å². The Balaban J connectivity index is 2.20. The van der Waals surface area contributed by atoms with Crippen molar-refractivity contribution < 1.29 is 19.0 Å². The molecular weight excluding hydrogens is 342 g/mol. The lowest BCUT2D eigenvalue weighted by Crippen LogP contribution is -2.00. The molecule has 0 saturated heterocycles. The zero-order valence-electron chi connectivity index (χ0n) is 14.9. The predicted octanol–water partition coefficient (Wildman–Crippen LogP) is 3.52. The number of Topliss-reactive ketones (excluding diaryl/α,β-unsaturated/α-hetero) is 1. The maximum absolute atomic E-state index is 11.5. The van der Waals surface area contributed by atoms with Gasteiger partial charge in [-0.1, -0.05) is 11.3 Å². The molecule has 0 saturated carbocycles. The summed E-state index contributed by atoms with van der Waals surface area (Å²) in [4.78, 5) is 16.4. The summed E-state index contributed by atoms with van der Waals surface area (Å²) in [6.07, 6.45) is 1.62. The highest BCUT2D eigenvalue weighted by molar-refractivity contribution is 7.17. The van der Waals surface area contributed by atoms with Crippen molar-refractivity contribution in [1.82, 2.24) is 4.98 Å². The maximum Gasteiger partial charge on any atom is 0.204 e. The summed E-state index contributed by atoms with van der Waals surface area (Å²) in [6.45, 7) is 5.71. The molecule has 2 rings (SSSR count). The van der Waals surface area contributed by atoms with E-state index in [9.17, 15) is 4.79 Å². The van der Waals surface area contributed by atoms with Crippen LogP contribution in [0, 0.1) is 6.92 Å². The molecule has 1 heterocycles. The fourth-order valence-corrected chi connectivity index (χ4v) is 3.01. The van der Waals surface area contributed by atoms with Gasteiger partial charge in [0.25, 0.3) is 0 Å². The lowest BCUT2D eigenvalue weighted by atomic mass is 10.2. The van der Waals surface area contributed by atoms with E-state index in [1.807, 2.05) is 6.92 Å². The molecule has 0 aliphatic heterocycles. The number of carbonyl (C=O) groups excluding carboxylic acids is 1. The lowest BCUT2D eigenvalue weighted by molar-refractivity contribution is 0.102. The van der Waals surface area contributed by atoms with Gasteiger partial charge in [-0.2, -0.15) is 5.10 Å². The first-order valence-corrected chi connectivity index (χ1v) is 8.48. The number of aryl methyl sites for hydroxylation is 1. The van der Waals surface area contributed by atoms with Crippen molar-refractivity contribution in [2.75, 3.05) is 26.3 Å². The van der Waals surface area contributed by atoms with Gasteiger partial charge in [-0.05, 0) is 26.0 Å². The van der Waals surface area contributed by atoms with E-state index in [0.717, 1.165) is 5.56 Å². The quantitative estimate of drug-likeness (QED) is 0.439. The third kappa shape index (κ3) is 4.48. The van der Waals surface area contributed by atoms with E-state index in [-0.39, 0.29) is 5.78 Å². The molecule has 0 spiro atoms. The van der Waals surface area contributed by atoms with Crippen molar-refractivity contribution in [3.05, 3.63) is 28.3 Å². The smallest absolute Gasteiger partial charge is 0.204 e. The molecule has 0 radical (unpaired) electrons. The molecule has 0 bridgehead atoms. The molecule has 8 heteroatoms. The van der Waals surface area contributed by atoms with Crippen LogP contribution in [-0.4, -0.2) is 37.8 Å². The minimum absolute atomic E-state index is 0.00647. The van der Waals surface area contributed by atoms with Gasteiger partial charge >= 0.3 is 0 Å². The highest BCUT2D eigenvalue weighted by atomic mass is 32.1. The van der Waals surface area contributed by atoms with Crippen LogP contribution in [0.5, 0.6) is 17.2 Å². The van der Waals surface area contributed by atoms with Gasteiger partial charge in [0.15, 0.2) is 17.3 Å². The van der Waals surface area contributed by atoms with E-state index in [2.05, 4.69) is 15.5 Å². The van der Waals surface area contributed by atoms with Gasteiger partial charge in [0.05, 0.1) is 37.6 Å². The van der Waals surface area contributed by atoms with E-state index in [1.54, 1.807) is 39.5 Å². The van der Waals surface area contributed by atoms with Gasteiger partial charge in [0.2, 0.25) is 10.9 Å². The van der Waals surface area contributed by atoms with Crippen LogP contribution in [0.4, 0.5) is 5.13 Å². The summed E-state index contributed by atoms with van der Waals surface area (Å²) < 4.78 is 16.3. The Hall–Kier alpha value is -2.61. The molecule has 1 aromatic heterocycles. The maximum atomic E-state index is 11.5. The molecule has 0 aliphatic rings.